The first-order valence-electron chi connectivity index (χ1n) is 10.3. The van der Waals surface area contributed by atoms with E-state index in [0.717, 1.165) is 12.4 Å². The van der Waals surface area contributed by atoms with Gasteiger partial charge in [0.2, 0.25) is 0 Å². The summed E-state index contributed by atoms with van der Waals surface area (Å²) in [5.74, 6) is 1.05. The summed E-state index contributed by atoms with van der Waals surface area (Å²) < 4.78 is 11.1. The quantitative estimate of drug-likeness (QED) is 0.196. The molecule has 0 aliphatic carbocycles. The lowest BCUT2D eigenvalue weighted by atomic mass is 9.83. The molecule has 4 aromatic rings. The van der Waals surface area contributed by atoms with E-state index in [9.17, 15) is 0 Å². The van der Waals surface area contributed by atoms with Crippen LogP contribution in [0.25, 0.3) is 10.8 Å². The predicted octanol–water partition coefficient (Wildman–Crippen LogP) is 6.52. The highest BCUT2D eigenvalue weighted by atomic mass is 32.2. The van der Waals surface area contributed by atoms with Gasteiger partial charge in [-0.2, -0.15) is 0 Å². The van der Waals surface area contributed by atoms with Crippen LogP contribution >= 0.6 is 11.8 Å². The zero-order chi connectivity index (χ0) is 20.3. The van der Waals surface area contributed by atoms with Crippen molar-refractivity contribution in [2.45, 2.75) is 16.9 Å². The Morgan fingerprint density at radius 1 is 0.867 bits per heavy atom. The normalized spacial score (nSPS) is 16.4. The fraction of sp³-hybridized carbons (Fsp3) is 0.185. The van der Waals surface area contributed by atoms with E-state index >= 15 is 0 Å². The third-order valence-corrected chi connectivity index (χ3v) is 6.38. The van der Waals surface area contributed by atoms with Crippen molar-refractivity contribution >= 4 is 22.5 Å². The van der Waals surface area contributed by atoms with Crippen LogP contribution in [0.4, 0.5) is 0 Å². The van der Waals surface area contributed by atoms with Crippen LogP contribution in [0.5, 0.6) is 5.75 Å². The third-order valence-electron chi connectivity index (χ3n) is 5.64. The third kappa shape index (κ3) is 4.09. The number of thioether (sulfide) groups is 1. The minimum atomic E-state index is 0.160. The summed E-state index contributed by atoms with van der Waals surface area (Å²) in [4.78, 5) is 1.28. The van der Waals surface area contributed by atoms with Gasteiger partial charge < -0.3 is 9.47 Å². The topological polar surface area (TPSA) is 21.8 Å². The molecule has 0 radical (unpaired) electrons. The van der Waals surface area contributed by atoms with Gasteiger partial charge in [0.25, 0.3) is 0 Å². The van der Waals surface area contributed by atoms with Crippen molar-refractivity contribution < 1.29 is 9.47 Å². The largest absolute Gasteiger partial charge is 0.491 e. The molecule has 1 aliphatic heterocycles. The minimum Gasteiger partial charge on any atom is -0.491 e. The van der Waals surface area contributed by atoms with Crippen LogP contribution in [0, 0.1) is 0 Å². The standard InChI is InChI=1S/C27H24O2S/c1-30-24-15-11-21(12-16-24)27(26-8-4-6-19-5-2-3-7-25(19)26)20-9-13-22(14-10-20)28-17-23-18-29-23/h2-16,23,27H,17-18H2,1H3. The molecule has 1 aliphatic rings. The van der Waals surface area contributed by atoms with Gasteiger partial charge in [0.05, 0.1) is 6.61 Å². The lowest BCUT2D eigenvalue weighted by Gasteiger charge is -2.21. The molecule has 1 heterocycles. The molecule has 0 aromatic heterocycles. The van der Waals surface area contributed by atoms with Crippen molar-refractivity contribution in [3.8, 4) is 5.75 Å². The predicted molar refractivity (Wildman–Crippen MR) is 125 cm³/mol. The summed E-state index contributed by atoms with van der Waals surface area (Å²) in [6.45, 7) is 1.44. The van der Waals surface area contributed by atoms with Crippen LogP contribution in [0.1, 0.15) is 22.6 Å². The minimum absolute atomic E-state index is 0.160. The molecular formula is C27H24O2S. The fourth-order valence-electron chi connectivity index (χ4n) is 3.96. The molecule has 0 spiro atoms. The molecule has 150 valence electrons. The summed E-state index contributed by atoms with van der Waals surface area (Å²) in [6, 6.07) is 32.7. The van der Waals surface area contributed by atoms with Crippen LogP contribution in [0.15, 0.2) is 95.9 Å². The highest BCUT2D eigenvalue weighted by molar-refractivity contribution is 7.98. The lowest BCUT2D eigenvalue weighted by molar-refractivity contribution is 0.263. The number of ether oxygens (including phenoxy) is 2. The average molecular weight is 413 g/mol. The van der Waals surface area contributed by atoms with Crippen molar-refractivity contribution in [3.63, 3.8) is 0 Å². The van der Waals surface area contributed by atoms with E-state index in [-0.39, 0.29) is 12.0 Å². The molecule has 1 saturated heterocycles. The van der Waals surface area contributed by atoms with E-state index in [0.29, 0.717) is 6.61 Å². The van der Waals surface area contributed by atoms with Gasteiger partial charge in [0, 0.05) is 10.8 Å². The summed E-state index contributed by atoms with van der Waals surface area (Å²) in [6.07, 6.45) is 2.38. The lowest BCUT2D eigenvalue weighted by Crippen LogP contribution is -2.06. The number of hydrogen-bond donors (Lipinski definition) is 0. The van der Waals surface area contributed by atoms with Crippen LogP contribution in [-0.4, -0.2) is 25.6 Å². The second-order valence-electron chi connectivity index (χ2n) is 7.61. The van der Waals surface area contributed by atoms with Crippen molar-refractivity contribution in [2.24, 2.45) is 0 Å². The Hall–Kier alpha value is -2.75. The van der Waals surface area contributed by atoms with Gasteiger partial charge >= 0.3 is 0 Å². The maximum absolute atomic E-state index is 5.85. The van der Waals surface area contributed by atoms with Crippen molar-refractivity contribution in [2.75, 3.05) is 19.5 Å². The van der Waals surface area contributed by atoms with E-state index < -0.39 is 0 Å². The molecule has 2 nitrogen and oxygen atoms in total. The van der Waals surface area contributed by atoms with Crippen LogP contribution in [0.3, 0.4) is 0 Å². The smallest absolute Gasteiger partial charge is 0.119 e. The Balaban J connectivity index is 1.57. The highest BCUT2D eigenvalue weighted by Crippen LogP contribution is 2.37. The Kier molecular flexibility index (Phi) is 5.48. The van der Waals surface area contributed by atoms with Gasteiger partial charge in [-0.15, -0.1) is 11.8 Å². The second kappa shape index (κ2) is 8.55. The highest BCUT2D eigenvalue weighted by Gasteiger charge is 2.23. The summed E-state index contributed by atoms with van der Waals surface area (Å²) in [5, 5.41) is 2.57. The number of fused-ring (bicyclic) bond motifs is 1. The molecule has 2 unspecified atom stereocenters. The van der Waals surface area contributed by atoms with Crippen LogP contribution < -0.4 is 4.74 Å². The molecule has 0 amide bonds. The van der Waals surface area contributed by atoms with Crippen LogP contribution in [0.2, 0.25) is 0 Å². The first-order chi connectivity index (χ1) is 14.8. The average Bonchev–Trinajstić information content (AvgIpc) is 3.64. The van der Waals surface area contributed by atoms with E-state index in [1.165, 1.54) is 32.4 Å². The molecule has 3 heteroatoms. The first-order valence-corrected chi connectivity index (χ1v) is 11.5. The second-order valence-corrected chi connectivity index (χ2v) is 8.49. The fourth-order valence-corrected chi connectivity index (χ4v) is 4.37. The van der Waals surface area contributed by atoms with E-state index in [4.69, 9.17) is 9.47 Å². The van der Waals surface area contributed by atoms with Gasteiger partial charge in [-0.3, -0.25) is 0 Å². The van der Waals surface area contributed by atoms with Crippen LogP contribution in [-0.2, 0) is 4.74 Å². The molecule has 0 N–H and O–H groups in total. The Labute approximate surface area is 181 Å². The van der Waals surface area contributed by atoms with Crippen molar-refractivity contribution in [3.05, 3.63) is 108 Å². The SMILES string of the molecule is CSc1ccc(C(c2ccc(OCC3CO3)cc2)c2cccc3ccccc23)cc1. The number of hydrogen-bond acceptors (Lipinski definition) is 3. The monoisotopic (exact) mass is 412 g/mol. The summed E-state index contributed by atoms with van der Waals surface area (Å²) >= 11 is 1.77. The Morgan fingerprint density at radius 3 is 2.23 bits per heavy atom. The van der Waals surface area contributed by atoms with Crippen molar-refractivity contribution in [1.29, 1.82) is 0 Å². The number of epoxide rings is 1. The van der Waals surface area contributed by atoms with Gasteiger partial charge in [0.15, 0.2) is 0 Å². The van der Waals surface area contributed by atoms with Gasteiger partial charge in [-0.25, -0.2) is 0 Å². The Bertz CT molecular complexity index is 1130. The van der Waals surface area contributed by atoms with E-state index in [1.807, 2.05) is 0 Å². The van der Waals surface area contributed by atoms with Crippen molar-refractivity contribution in [1.82, 2.24) is 0 Å². The molecule has 2 atom stereocenters. The van der Waals surface area contributed by atoms with Gasteiger partial charge in [-0.1, -0.05) is 66.7 Å². The zero-order valence-corrected chi connectivity index (χ0v) is 17.8. The molecular weight excluding hydrogens is 388 g/mol. The maximum atomic E-state index is 5.85. The van der Waals surface area contributed by atoms with E-state index in [1.54, 1.807) is 11.8 Å². The Morgan fingerprint density at radius 2 is 1.53 bits per heavy atom. The molecule has 0 bridgehead atoms. The summed E-state index contributed by atoms with van der Waals surface area (Å²) in [5.41, 5.74) is 3.88. The number of benzene rings is 4. The maximum Gasteiger partial charge on any atom is 0.119 e. The molecule has 0 saturated carbocycles. The first kappa shape index (κ1) is 19.2. The molecule has 1 fully saturated rings. The van der Waals surface area contributed by atoms with E-state index in [2.05, 4.69) is 97.3 Å². The molecule has 5 rings (SSSR count). The molecule has 4 aromatic carbocycles. The van der Waals surface area contributed by atoms with Gasteiger partial charge in [0.1, 0.15) is 18.5 Å². The van der Waals surface area contributed by atoms with Gasteiger partial charge in [-0.05, 0) is 58.0 Å². The zero-order valence-electron chi connectivity index (χ0n) is 17.0. The molecule has 30 heavy (non-hydrogen) atoms. The summed E-state index contributed by atoms with van der Waals surface area (Å²) in [7, 11) is 0. The number of rotatable bonds is 7.